The molecule has 0 bridgehead atoms. The lowest BCUT2D eigenvalue weighted by Crippen LogP contribution is -2.23. The van der Waals surface area contributed by atoms with Gasteiger partial charge in [-0.25, -0.2) is 0 Å². The van der Waals surface area contributed by atoms with Gasteiger partial charge in [0.1, 0.15) is 0 Å². The fourth-order valence-electron chi connectivity index (χ4n) is 2.70. The first kappa shape index (κ1) is 23.0. The molecule has 0 saturated heterocycles. The van der Waals surface area contributed by atoms with Crippen LogP contribution in [-0.2, 0) is 22.6 Å². The fourth-order valence-corrected chi connectivity index (χ4v) is 2.97. The molecule has 29 heavy (non-hydrogen) atoms. The van der Waals surface area contributed by atoms with Gasteiger partial charge in [-0.15, -0.1) is 0 Å². The van der Waals surface area contributed by atoms with Gasteiger partial charge >= 0.3 is 0 Å². The van der Waals surface area contributed by atoms with Gasteiger partial charge in [-0.05, 0) is 37.1 Å². The second kappa shape index (κ2) is 12.3. The molecule has 0 aliphatic heterocycles. The molecule has 2 rings (SSSR count). The zero-order valence-electron chi connectivity index (χ0n) is 17.1. The van der Waals surface area contributed by atoms with E-state index >= 15 is 0 Å². The zero-order valence-corrected chi connectivity index (χ0v) is 17.9. The van der Waals surface area contributed by atoms with E-state index in [4.69, 9.17) is 30.5 Å². The van der Waals surface area contributed by atoms with E-state index in [1.54, 1.807) is 12.1 Å². The minimum absolute atomic E-state index is 0.244. The van der Waals surface area contributed by atoms with Crippen LogP contribution < -0.4 is 14.8 Å². The summed E-state index contributed by atoms with van der Waals surface area (Å²) in [6, 6.07) is 11.1. The third-order valence-electron chi connectivity index (χ3n) is 4.07. The van der Waals surface area contributed by atoms with Crippen LogP contribution in [0.15, 0.2) is 36.4 Å². The Bertz CT molecular complexity index is 797. The summed E-state index contributed by atoms with van der Waals surface area (Å²) in [5, 5.41) is 3.24. The quantitative estimate of drug-likeness (QED) is 0.519. The van der Waals surface area contributed by atoms with Crippen LogP contribution in [0.1, 0.15) is 35.3 Å². The summed E-state index contributed by atoms with van der Waals surface area (Å²) in [6.07, 6.45) is 0. The van der Waals surface area contributed by atoms with E-state index in [0.717, 1.165) is 11.1 Å². The second-order valence-electron chi connectivity index (χ2n) is 6.17. The van der Waals surface area contributed by atoms with E-state index in [1.165, 1.54) is 7.11 Å². The van der Waals surface area contributed by atoms with Crippen molar-refractivity contribution < 1.29 is 23.7 Å². The molecule has 0 spiro atoms. The van der Waals surface area contributed by atoms with Crippen LogP contribution in [0, 0.1) is 0 Å². The molecule has 0 aromatic heterocycles. The first-order valence-corrected chi connectivity index (χ1v) is 9.98. The van der Waals surface area contributed by atoms with Gasteiger partial charge in [0.15, 0.2) is 11.5 Å². The van der Waals surface area contributed by atoms with E-state index in [1.807, 2.05) is 38.1 Å². The van der Waals surface area contributed by atoms with Crippen molar-refractivity contribution in [3.63, 3.8) is 0 Å². The zero-order chi connectivity index (χ0) is 21.1. The maximum atomic E-state index is 12.6. The summed E-state index contributed by atoms with van der Waals surface area (Å²) >= 11 is 6.25. The Hall–Kier alpha value is -2.28. The molecular weight excluding hydrogens is 394 g/mol. The predicted molar refractivity (Wildman–Crippen MR) is 113 cm³/mol. The van der Waals surface area contributed by atoms with Gasteiger partial charge in [0.05, 0.1) is 38.6 Å². The molecule has 0 fully saturated rings. The number of rotatable bonds is 12. The van der Waals surface area contributed by atoms with E-state index < -0.39 is 0 Å². The van der Waals surface area contributed by atoms with Crippen LogP contribution >= 0.6 is 11.6 Å². The SMILES string of the molecule is CCOCCOCc1cccc(CNC(=O)c2cc(Cl)c(OCC)c(OC)c2)c1. The van der Waals surface area contributed by atoms with Gasteiger partial charge < -0.3 is 24.3 Å². The maximum absolute atomic E-state index is 12.6. The third-order valence-corrected chi connectivity index (χ3v) is 4.35. The number of benzene rings is 2. The average molecular weight is 422 g/mol. The number of halogens is 1. The molecular formula is C22H28ClNO5. The Balaban J connectivity index is 1.95. The van der Waals surface area contributed by atoms with Crippen LogP contribution in [-0.4, -0.2) is 39.4 Å². The normalized spacial score (nSPS) is 10.6. The highest BCUT2D eigenvalue weighted by molar-refractivity contribution is 6.32. The van der Waals surface area contributed by atoms with Crippen LogP contribution in [0.25, 0.3) is 0 Å². The largest absolute Gasteiger partial charge is 0.493 e. The van der Waals surface area contributed by atoms with Crippen molar-refractivity contribution in [2.75, 3.05) is 33.5 Å². The highest BCUT2D eigenvalue weighted by Gasteiger charge is 2.15. The van der Waals surface area contributed by atoms with Crippen LogP contribution in [0.4, 0.5) is 0 Å². The molecule has 0 radical (unpaired) electrons. The lowest BCUT2D eigenvalue weighted by atomic mass is 10.1. The predicted octanol–water partition coefficient (Wildman–Crippen LogP) is 4.23. The molecule has 0 saturated carbocycles. The molecule has 7 heteroatoms. The molecule has 6 nitrogen and oxygen atoms in total. The van der Waals surface area contributed by atoms with Gasteiger partial charge in [-0.1, -0.05) is 35.9 Å². The number of hydrogen-bond acceptors (Lipinski definition) is 5. The summed E-state index contributed by atoms with van der Waals surface area (Å²) in [4.78, 5) is 12.6. The number of amides is 1. The Morgan fingerprint density at radius 1 is 1.03 bits per heavy atom. The maximum Gasteiger partial charge on any atom is 0.251 e. The molecule has 2 aromatic rings. The van der Waals surface area contributed by atoms with E-state index in [0.29, 0.717) is 61.7 Å². The van der Waals surface area contributed by atoms with Crippen molar-refractivity contribution in [2.45, 2.75) is 27.0 Å². The topological polar surface area (TPSA) is 66.0 Å². The van der Waals surface area contributed by atoms with Crippen molar-refractivity contribution in [3.8, 4) is 11.5 Å². The lowest BCUT2D eigenvalue weighted by Gasteiger charge is -2.13. The molecule has 0 aliphatic carbocycles. The minimum atomic E-state index is -0.244. The van der Waals surface area contributed by atoms with Gasteiger partial charge in [-0.2, -0.15) is 0 Å². The summed E-state index contributed by atoms with van der Waals surface area (Å²) in [5.41, 5.74) is 2.43. The van der Waals surface area contributed by atoms with Gasteiger partial charge in [0, 0.05) is 18.7 Å². The van der Waals surface area contributed by atoms with Crippen molar-refractivity contribution in [1.29, 1.82) is 0 Å². The average Bonchev–Trinajstić information content (AvgIpc) is 2.73. The van der Waals surface area contributed by atoms with Gasteiger partial charge in [-0.3, -0.25) is 4.79 Å². The monoisotopic (exact) mass is 421 g/mol. The smallest absolute Gasteiger partial charge is 0.251 e. The van der Waals surface area contributed by atoms with Crippen LogP contribution in [0.5, 0.6) is 11.5 Å². The number of carbonyl (C=O) groups is 1. The molecule has 0 atom stereocenters. The van der Waals surface area contributed by atoms with Crippen LogP contribution in [0.3, 0.4) is 0 Å². The molecule has 0 unspecified atom stereocenters. The number of nitrogens with one attached hydrogen (secondary N) is 1. The molecule has 2 aromatic carbocycles. The summed E-state index contributed by atoms with van der Waals surface area (Å²) in [7, 11) is 1.51. The molecule has 1 N–H and O–H groups in total. The van der Waals surface area contributed by atoms with Crippen molar-refractivity contribution in [1.82, 2.24) is 5.32 Å². The van der Waals surface area contributed by atoms with Crippen molar-refractivity contribution >= 4 is 17.5 Å². The van der Waals surface area contributed by atoms with E-state index in [2.05, 4.69) is 5.32 Å². The molecule has 0 heterocycles. The fraction of sp³-hybridized carbons (Fsp3) is 0.409. The summed E-state index contributed by atoms with van der Waals surface area (Å²) in [5.74, 6) is 0.618. The van der Waals surface area contributed by atoms with E-state index in [9.17, 15) is 4.79 Å². The van der Waals surface area contributed by atoms with Crippen molar-refractivity contribution in [2.24, 2.45) is 0 Å². The van der Waals surface area contributed by atoms with Crippen LogP contribution in [0.2, 0.25) is 5.02 Å². The Kier molecular flexibility index (Phi) is 9.77. The Morgan fingerprint density at radius 2 is 1.79 bits per heavy atom. The van der Waals surface area contributed by atoms with Gasteiger partial charge in [0.2, 0.25) is 0 Å². The Labute approximate surface area is 177 Å². The molecule has 0 aliphatic rings. The number of hydrogen-bond donors (Lipinski definition) is 1. The minimum Gasteiger partial charge on any atom is -0.493 e. The number of ether oxygens (including phenoxy) is 4. The summed E-state index contributed by atoms with van der Waals surface area (Å²) < 4.78 is 21.6. The second-order valence-corrected chi connectivity index (χ2v) is 6.58. The molecule has 1 amide bonds. The van der Waals surface area contributed by atoms with Gasteiger partial charge in [0.25, 0.3) is 5.91 Å². The number of carbonyl (C=O) groups excluding carboxylic acids is 1. The standard InChI is InChI=1S/C22H28ClNO5/c1-4-27-9-10-28-15-17-8-6-7-16(11-17)14-24-22(25)18-12-19(23)21(29-5-2)20(13-18)26-3/h6-8,11-13H,4-5,9-10,14-15H2,1-3H3,(H,24,25). The lowest BCUT2D eigenvalue weighted by molar-refractivity contribution is 0.0453. The third kappa shape index (κ3) is 7.24. The Morgan fingerprint density at radius 3 is 2.52 bits per heavy atom. The number of methoxy groups -OCH3 is 1. The first-order chi connectivity index (χ1) is 14.1. The molecule has 158 valence electrons. The highest BCUT2D eigenvalue weighted by Crippen LogP contribution is 2.36. The summed E-state index contributed by atoms with van der Waals surface area (Å²) in [6.45, 7) is 6.97. The first-order valence-electron chi connectivity index (χ1n) is 9.60. The van der Waals surface area contributed by atoms with E-state index in [-0.39, 0.29) is 5.91 Å². The van der Waals surface area contributed by atoms with Crippen molar-refractivity contribution in [3.05, 3.63) is 58.1 Å². The highest BCUT2D eigenvalue weighted by atomic mass is 35.5.